The van der Waals surface area contributed by atoms with E-state index in [1.54, 1.807) is 0 Å². The van der Waals surface area contributed by atoms with Gasteiger partial charge in [-0.15, -0.1) is 0 Å². The van der Waals surface area contributed by atoms with Gasteiger partial charge >= 0.3 is 0 Å². The van der Waals surface area contributed by atoms with Gasteiger partial charge in [0.25, 0.3) is 0 Å². The van der Waals surface area contributed by atoms with Crippen molar-refractivity contribution in [2.24, 2.45) is 5.92 Å². The van der Waals surface area contributed by atoms with E-state index in [1.165, 1.54) is 0 Å². The fourth-order valence-corrected chi connectivity index (χ4v) is 4.44. The molecule has 0 bridgehead atoms. The molecule has 1 heterocycles. The number of hydrogen-bond acceptors (Lipinski definition) is 3. The summed E-state index contributed by atoms with van der Waals surface area (Å²) in [5, 5.41) is 3.00. The summed E-state index contributed by atoms with van der Waals surface area (Å²) in [6.07, 6.45) is 1.58. The molecule has 1 fully saturated rings. The molecule has 1 aliphatic heterocycles. The van der Waals surface area contributed by atoms with E-state index in [0.29, 0.717) is 19.3 Å². The van der Waals surface area contributed by atoms with E-state index in [9.17, 15) is 13.2 Å². The molecule has 1 N–H and O–H groups in total. The summed E-state index contributed by atoms with van der Waals surface area (Å²) in [5.74, 6) is 0.568. The zero-order valence-electron chi connectivity index (χ0n) is 13.6. The number of hydrogen-bond donors (Lipinski definition) is 1. The predicted octanol–water partition coefficient (Wildman–Crippen LogP) is 3.14. The van der Waals surface area contributed by atoms with E-state index in [-0.39, 0.29) is 28.7 Å². The summed E-state index contributed by atoms with van der Waals surface area (Å²) < 4.78 is 22.9. The Labute approximate surface area is 133 Å². The van der Waals surface area contributed by atoms with E-state index in [4.69, 9.17) is 0 Å². The molecule has 0 unspecified atom stereocenters. The van der Waals surface area contributed by atoms with Crippen molar-refractivity contribution in [3.05, 3.63) is 29.8 Å². The third kappa shape index (κ3) is 4.57. The monoisotopic (exact) mass is 323 g/mol. The van der Waals surface area contributed by atoms with Gasteiger partial charge in [0.2, 0.25) is 5.91 Å². The van der Waals surface area contributed by atoms with Crippen LogP contribution >= 0.6 is 0 Å². The fourth-order valence-electron chi connectivity index (χ4n) is 2.85. The van der Waals surface area contributed by atoms with Crippen LogP contribution in [0.2, 0.25) is 0 Å². The van der Waals surface area contributed by atoms with E-state index in [1.807, 2.05) is 24.3 Å². The molecule has 0 spiro atoms. The number of anilines is 1. The zero-order chi connectivity index (χ0) is 16.4. The zero-order valence-corrected chi connectivity index (χ0v) is 14.4. The Kier molecular flexibility index (Phi) is 4.95. The number of sulfone groups is 1. The van der Waals surface area contributed by atoms with Crippen molar-refractivity contribution in [2.45, 2.75) is 45.4 Å². The van der Waals surface area contributed by atoms with Crippen LogP contribution in [0.15, 0.2) is 24.3 Å². The average molecular weight is 323 g/mol. The third-order valence-electron chi connectivity index (χ3n) is 4.16. The first-order valence-electron chi connectivity index (χ1n) is 7.77. The Morgan fingerprint density at radius 1 is 1.18 bits per heavy atom. The van der Waals surface area contributed by atoms with Crippen molar-refractivity contribution < 1.29 is 13.2 Å². The molecule has 1 aromatic carbocycles. The standard InChI is InChI=1S/C17H25NO3S/c1-17(2,3)14-6-4-5-7-15(14)18-16(19)12-13-8-10-22(20,21)11-9-13/h4-7,13H,8-12H2,1-3H3,(H,18,19). The number of nitrogens with one attached hydrogen (secondary N) is 1. The Bertz CT molecular complexity index is 630. The molecule has 0 radical (unpaired) electrons. The van der Waals surface area contributed by atoms with Gasteiger partial charge in [-0.25, -0.2) is 8.42 Å². The van der Waals surface area contributed by atoms with Crippen molar-refractivity contribution in [2.75, 3.05) is 16.8 Å². The summed E-state index contributed by atoms with van der Waals surface area (Å²) in [6, 6.07) is 7.84. The molecular weight excluding hydrogens is 298 g/mol. The Morgan fingerprint density at radius 3 is 2.36 bits per heavy atom. The quantitative estimate of drug-likeness (QED) is 0.929. The molecule has 1 aromatic rings. The van der Waals surface area contributed by atoms with Gasteiger partial charge in [-0.3, -0.25) is 4.79 Å². The largest absolute Gasteiger partial charge is 0.326 e. The van der Waals surface area contributed by atoms with Gasteiger partial charge in [0.05, 0.1) is 11.5 Å². The highest BCUT2D eigenvalue weighted by atomic mass is 32.2. The first kappa shape index (κ1) is 17.0. The van der Waals surface area contributed by atoms with Crippen LogP contribution in [0, 0.1) is 5.92 Å². The number of para-hydroxylation sites is 1. The maximum atomic E-state index is 12.3. The average Bonchev–Trinajstić information content (AvgIpc) is 2.40. The molecule has 0 aliphatic carbocycles. The highest BCUT2D eigenvalue weighted by molar-refractivity contribution is 7.91. The van der Waals surface area contributed by atoms with Crippen LogP contribution in [0.3, 0.4) is 0 Å². The second-order valence-corrected chi connectivity index (χ2v) is 9.45. The summed E-state index contributed by atoms with van der Waals surface area (Å²) >= 11 is 0. The lowest BCUT2D eigenvalue weighted by molar-refractivity contribution is -0.117. The molecule has 0 saturated carbocycles. The maximum absolute atomic E-state index is 12.3. The highest BCUT2D eigenvalue weighted by Crippen LogP contribution is 2.30. The molecule has 5 heteroatoms. The third-order valence-corrected chi connectivity index (χ3v) is 5.87. The molecule has 1 amide bonds. The van der Waals surface area contributed by atoms with Crippen molar-refractivity contribution in [3.8, 4) is 0 Å². The minimum absolute atomic E-state index is 0.0269. The smallest absolute Gasteiger partial charge is 0.224 e. The van der Waals surface area contributed by atoms with Crippen molar-refractivity contribution in [3.63, 3.8) is 0 Å². The molecule has 0 atom stereocenters. The summed E-state index contributed by atoms with van der Waals surface area (Å²) in [4.78, 5) is 12.3. The van der Waals surface area contributed by atoms with Gasteiger partial charge in [-0.1, -0.05) is 39.0 Å². The fraction of sp³-hybridized carbons (Fsp3) is 0.588. The van der Waals surface area contributed by atoms with Gasteiger partial charge in [0.15, 0.2) is 0 Å². The second kappa shape index (κ2) is 6.41. The summed E-state index contributed by atoms with van der Waals surface area (Å²) in [7, 11) is -2.87. The molecule has 122 valence electrons. The van der Waals surface area contributed by atoms with Crippen LogP contribution in [0.1, 0.15) is 45.6 Å². The van der Waals surface area contributed by atoms with Crippen LogP contribution in [-0.4, -0.2) is 25.8 Å². The molecule has 2 rings (SSSR count). The SMILES string of the molecule is CC(C)(C)c1ccccc1NC(=O)CC1CCS(=O)(=O)CC1. The number of amides is 1. The molecule has 22 heavy (non-hydrogen) atoms. The van der Waals surface area contributed by atoms with Gasteiger partial charge in [0.1, 0.15) is 9.84 Å². The summed E-state index contributed by atoms with van der Waals surface area (Å²) in [5.41, 5.74) is 1.92. The van der Waals surface area contributed by atoms with E-state index >= 15 is 0 Å². The highest BCUT2D eigenvalue weighted by Gasteiger charge is 2.26. The minimum Gasteiger partial charge on any atom is -0.326 e. The lowest BCUT2D eigenvalue weighted by Gasteiger charge is -2.24. The van der Waals surface area contributed by atoms with Crippen molar-refractivity contribution in [1.29, 1.82) is 0 Å². The van der Waals surface area contributed by atoms with E-state index in [2.05, 4.69) is 26.1 Å². The lowest BCUT2D eigenvalue weighted by Crippen LogP contribution is -2.27. The second-order valence-electron chi connectivity index (χ2n) is 7.14. The number of carbonyl (C=O) groups excluding carboxylic acids is 1. The Morgan fingerprint density at radius 2 is 1.77 bits per heavy atom. The molecule has 1 aliphatic rings. The normalized spacial score (nSPS) is 18.9. The molecule has 4 nitrogen and oxygen atoms in total. The number of rotatable bonds is 3. The van der Waals surface area contributed by atoms with Crippen LogP contribution in [0.5, 0.6) is 0 Å². The van der Waals surface area contributed by atoms with Gasteiger partial charge < -0.3 is 5.32 Å². The van der Waals surface area contributed by atoms with Gasteiger partial charge in [-0.2, -0.15) is 0 Å². The van der Waals surface area contributed by atoms with Crippen LogP contribution in [-0.2, 0) is 20.0 Å². The van der Waals surface area contributed by atoms with Crippen molar-refractivity contribution >= 4 is 21.4 Å². The first-order valence-corrected chi connectivity index (χ1v) is 9.59. The summed E-state index contributed by atoms with van der Waals surface area (Å²) in [6.45, 7) is 6.35. The van der Waals surface area contributed by atoms with Crippen LogP contribution < -0.4 is 5.32 Å². The molecule has 1 saturated heterocycles. The minimum atomic E-state index is -2.87. The predicted molar refractivity (Wildman–Crippen MR) is 89.8 cm³/mol. The Hall–Kier alpha value is -1.36. The number of benzene rings is 1. The van der Waals surface area contributed by atoms with Crippen molar-refractivity contribution in [1.82, 2.24) is 0 Å². The first-order chi connectivity index (χ1) is 10.2. The molecule has 0 aromatic heterocycles. The van der Waals surface area contributed by atoms with Gasteiger partial charge in [-0.05, 0) is 35.8 Å². The molecular formula is C17H25NO3S. The lowest BCUT2D eigenvalue weighted by atomic mass is 9.85. The van der Waals surface area contributed by atoms with E-state index in [0.717, 1.165) is 11.3 Å². The van der Waals surface area contributed by atoms with Gasteiger partial charge in [0, 0.05) is 12.1 Å². The van der Waals surface area contributed by atoms with Crippen LogP contribution in [0.4, 0.5) is 5.69 Å². The topological polar surface area (TPSA) is 63.2 Å². The van der Waals surface area contributed by atoms with E-state index < -0.39 is 9.84 Å². The number of carbonyl (C=O) groups is 1. The maximum Gasteiger partial charge on any atom is 0.224 e. The van der Waals surface area contributed by atoms with Crippen LogP contribution in [0.25, 0.3) is 0 Å². The Balaban J connectivity index is 1.99.